The van der Waals surface area contributed by atoms with Gasteiger partial charge in [-0.25, -0.2) is 18.2 Å². The van der Waals surface area contributed by atoms with Gasteiger partial charge in [-0.3, -0.25) is 4.57 Å². The fourth-order valence-electron chi connectivity index (χ4n) is 1.93. The van der Waals surface area contributed by atoms with Crippen molar-refractivity contribution in [3.8, 4) is 11.5 Å². The molecule has 0 aliphatic heterocycles. The molecular formula is C16H24F3N4O9PS2. The zero-order valence-electron chi connectivity index (χ0n) is 18.2. The van der Waals surface area contributed by atoms with Crippen LogP contribution in [0.4, 0.5) is 13.2 Å². The molecule has 2 rings (SSSR count). The highest BCUT2D eigenvalue weighted by molar-refractivity contribution is 7.91. The van der Waals surface area contributed by atoms with Crippen molar-refractivity contribution >= 4 is 45.1 Å². The lowest BCUT2D eigenvalue weighted by Gasteiger charge is -2.15. The minimum atomic E-state index is -5.08. The molecule has 1 aromatic carbocycles. The third kappa shape index (κ3) is 11.0. The molecule has 0 amide bonds. The van der Waals surface area contributed by atoms with E-state index in [4.69, 9.17) is 40.6 Å². The summed E-state index contributed by atoms with van der Waals surface area (Å²) in [6.07, 6.45) is -6.10. The minimum Gasteiger partial charge on any atom is -0.488 e. The lowest BCUT2D eigenvalue weighted by Crippen LogP contribution is -2.25. The Balaban J connectivity index is 0.000000762. The second-order valence-corrected chi connectivity index (χ2v) is 11.7. The predicted molar refractivity (Wildman–Crippen MR) is 119 cm³/mol. The van der Waals surface area contributed by atoms with E-state index in [0.717, 1.165) is 11.3 Å². The SMILES string of the molecule is CC(N)COc1cc2nc(S(=O)(=O)NCP(=O)(O)O)sc2cc1OCC(C)N.O=C(O)C(F)(F)F. The highest BCUT2D eigenvalue weighted by Crippen LogP contribution is 2.37. The third-order valence-electron chi connectivity index (χ3n) is 3.37. The van der Waals surface area contributed by atoms with E-state index in [9.17, 15) is 26.2 Å². The Morgan fingerprint density at radius 1 is 1.17 bits per heavy atom. The number of benzene rings is 1. The molecule has 0 bridgehead atoms. The van der Waals surface area contributed by atoms with Gasteiger partial charge in [-0.1, -0.05) is 0 Å². The zero-order chi connectivity index (χ0) is 27.2. The number of aromatic nitrogens is 1. The number of rotatable bonds is 10. The summed E-state index contributed by atoms with van der Waals surface area (Å²) in [5.41, 5.74) is 11.7. The number of fused-ring (bicyclic) bond motifs is 1. The van der Waals surface area contributed by atoms with Gasteiger partial charge in [0.1, 0.15) is 19.5 Å². The van der Waals surface area contributed by atoms with Crippen LogP contribution < -0.4 is 25.7 Å². The molecule has 0 saturated carbocycles. The van der Waals surface area contributed by atoms with Crippen molar-refractivity contribution in [3.63, 3.8) is 0 Å². The number of carboxylic acids is 1. The van der Waals surface area contributed by atoms with Gasteiger partial charge >= 0.3 is 19.7 Å². The summed E-state index contributed by atoms with van der Waals surface area (Å²) in [6, 6.07) is 2.63. The lowest BCUT2D eigenvalue weighted by molar-refractivity contribution is -0.192. The first-order valence-corrected chi connectivity index (χ1v) is 13.5. The first-order valence-electron chi connectivity index (χ1n) is 9.37. The molecule has 0 fully saturated rings. The molecule has 2 atom stereocenters. The van der Waals surface area contributed by atoms with E-state index in [-0.39, 0.29) is 29.6 Å². The Labute approximate surface area is 201 Å². The standard InChI is InChI=1S/C14H23N4O7PS2.C2HF3O2/c1-8(15)5-24-11-3-10-13(4-12(11)25-6-9(2)16)27-14(18-10)28(22,23)17-7-26(19,20)21;3-2(4,5)1(6)7/h3-4,8-9,17H,5-7,15-16H2,1-2H3,(H2,19,20,21);(H,6,7). The van der Waals surface area contributed by atoms with Gasteiger partial charge in [-0.05, 0) is 13.8 Å². The van der Waals surface area contributed by atoms with Crippen LogP contribution in [0.2, 0.25) is 0 Å². The maximum atomic E-state index is 12.2. The van der Waals surface area contributed by atoms with Crippen LogP contribution in [0.25, 0.3) is 10.2 Å². The van der Waals surface area contributed by atoms with Crippen molar-refractivity contribution in [1.82, 2.24) is 9.71 Å². The largest absolute Gasteiger partial charge is 0.490 e. The molecule has 0 aliphatic carbocycles. The van der Waals surface area contributed by atoms with E-state index in [2.05, 4.69) is 4.98 Å². The summed E-state index contributed by atoms with van der Waals surface area (Å²) in [4.78, 5) is 30.7. The number of halogens is 3. The molecule has 0 spiro atoms. The van der Waals surface area contributed by atoms with Crippen molar-refractivity contribution in [2.45, 2.75) is 36.4 Å². The van der Waals surface area contributed by atoms with Gasteiger partial charge in [0.2, 0.25) is 4.34 Å². The van der Waals surface area contributed by atoms with Gasteiger partial charge in [0.15, 0.2) is 11.5 Å². The van der Waals surface area contributed by atoms with Crippen molar-refractivity contribution in [3.05, 3.63) is 12.1 Å². The zero-order valence-corrected chi connectivity index (χ0v) is 20.7. The second kappa shape index (κ2) is 12.3. The predicted octanol–water partition coefficient (Wildman–Crippen LogP) is 0.795. The molecule has 0 saturated heterocycles. The number of nitrogens with zero attached hydrogens (tertiary/aromatic N) is 1. The first kappa shape index (κ1) is 31.0. The summed E-state index contributed by atoms with van der Waals surface area (Å²) in [6.45, 7) is 3.96. The fraction of sp³-hybridized carbons (Fsp3) is 0.500. The highest BCUT2D eigenvalue weighted by Gasteiger charge is 2.38. The van der Waals surface area contributed by atoms with E-state index in [0.29, 0.717) is 21.7 Å². The van der Waals surface area contributed by atoms with Crippen LogP contribution in [0.15, 0.2) is 16.5 Å². The third-order valence-corrected chi connectivity index (χ3v) is 6.95. The Morgan fingerprint density at radius 3 is 2.03 bits per heavy atom. The van der Waals surface area contributed by atoms with E-state index in [1.54, 1.807) is 19.9 Å². The summed E-state index contributed by atoms with van der Waals surface area (Å²) >= 11 is 0.830. The molecular weight excluding hydrogens is 544 g/mol. The quantitative estimate of drug-likeness (QED) is 0.219. The Morgan fingerprint density at radius 2 is 1.63 bits per heavy atom. The highest BCUT2D eigenvalue weighted by atomic mass is 32.2. The summed E-state index contributed by atoms with van der Waals surface area (Å²) in [5, 5.41) is 7.12. The number of nitrogens with one attached hydrogen (secondary N) is 1. The van der Waals surface area contributed by atoms with Crippen molar-refractivity contribution in [1.29, 1.82) is 0 Å². The number of ether oxygens (including phenoxy) is 2. The number of nitrogens with two attached hydrogens (primary N) is 2. The maximum absolute atomic E-state index is 12.2. The number of sulfonamides is 1. The number of aliphatic carboxylic acids is 1. The van der Waals surface area contributed by atoms with Crippen LogP contribution >= 0.6 is 18.9 Å². The van der Waals surface area contributed by atoms with Crippen molar-refractivity contribution in [2.24, 2.45) is 11.5 Å². The molecule has 0 radical (unpaired) electrons. The number of carboxylic acid groups (broad SMARTS) is 1. The van der Waals surface area contributed by atoms with Crippen LogP contribution in [0, 0.1) is 0 Å². The number of hydrogen-bond donors (Lipinski definition) is 6. The summed E-state index contributed by atoms with van der Waals surface area (Å²) < 4.78 is 80.4. The van der Waals surface area contributed by atoms with Crippen LogP contribution in [0.5, 0.6) is 11.5 Å². The summed E-state index contributed by atoms with van der Waals surface area (Å²) in [7, 11) is -8.74. The number of carbonyl (C=O) groups is 1. The van der Waals surface area contributed by atoms with Gasteiger partial charge in [0.25, 0.3) is 10.0 Å². The van der Waals surface area contributed by atoms with Gasteiger partial charge in [0, 0.05) is 24.2 Å². The van der Waals surface area contributed by atoms with Gasteiger partial charge < -0.3 is 35.8 Å². The molecule has 2 aromatic rings. The van der Waals surface area contributed by atoms with E-state index in [1.165, 1.54) is 6.07 Å². The number of alkyl halides is 3. The smallest absolute Gasteiger partial charge is 0.488 e. The maximum Gasteiger partial charge on any atom is 0.490 e. The van der Waals surface area contributed by atoms with Gasteiger partial charge in [-0.15, -0.1) is 11.3 Å². The van der Waals surface area contributed by atoms with E-state index in [1.807, 2.05) is 4.72 Å². The molecule has 1 heterocycles. The molecule has 0 aliphatic rings. The second-order valence-electron chi connectivity index (χ2n) is 7.10. The van der Waals surface area contributed by atoms with Gasteiger partial charge in [-0.2, -0.15) is 17.9 Å². The normalized spacial score (nSPS) is 14.1. The minimum absolute atomic E-state index is 0.208. The average molecular weight is 568 g/mol. The van der Waals surface area contributed by atoms with Gasteiger partial charge in [0.05, 0.1) is 10.2 Å². The lowest BCUT2D eigenvalue weighted by atomic mass is 10.3. The Hall–Kier alpha value is -2.05. The summed E-state index contributed by atoms with van der Waals surface area (Å²) in [5.74, 6) is -2.06. The molecule has 2 unspecified atom stereocenters. The molecule has 35 heavy (non-hydrogen) atoms. The number of thiazole rings is 1. The van der Waals surface area contributed by atoms with E-state index >= 15 is 0 Å². The first-order chi connectivity index (χ1) is 15.8. The molecule has 1 aromatic heterocycles. The van der Waals surface area contributed by atoms with Crippen molar-refractivity contribution < 1.29 is 55.3 Å². The molecule has 19 heteroatoms. The topological polar surface area (TPSA) is 224 Å². The monoisotopic (exact) mass is 568 g/mol. The Bertz CT molecular complexity index is 1120. The average Bonchev–Trinajstić information content (AvgIpc) is 3.12. The number of hydrogen-bond acceptors (Lipinski definition) is 10. The van der Waals surface area contributed by atoms with Crippen LogP contribution in [0.3, 0.4) is 0 Å². The van der Waals surface area contributed by atoms with Crippen LogP contribution in [-0.4, -0.2) is 72.0 Å². The van der Waals surface area contributed by atoms with E-state index < -0.39 is 36.1 Å². The fourth-order valence-corrected chi connectivity index (χ4v) is 5.22. The molecule has 13 nitrogen and oxygen atoms in total. The molecule has 200 valence electrons. The van der Waals surface area contributed by atoms with Crippen molar-refractivity contribution in [2.75, 3.05) is 19.5 Å². The Kier molecular flexibility index (Phi) is 10.9. The van der Waals surface area contributed by atoms with Crippen LogP contribution in [-0.2, 0) is 19.4 Å². The molecule has 8 N–H and O–H groups in total. The van der Waals surface area contributed by atoms with Crippen LogP contribution in [0.1, 0.15) is 13.8 Å².